The van der Waals surface area contributed by atoms with Crippen molar-refractivity contribution in [2.45, 2.75) is 71.8 Å². The van der Waals surface area contributed by atoms with Crippen LogP contribution in [0.2, 0.25) is 0 Å². The van der Waals surface area contributed by atoms with Crippen LogP contribution in [0.5, 0.6) is 0 Å². The molecule has 21 heavy (non-hydrogen) atoms. The van der Waals surface area contributed by atoms with Gasteiger partial charge in [-0.2, -0.15) is 0 Å². The summed E-state index contributed by atoms with van der Waals surface area (Å²) in [4.78, 5) is 0. The maximum atomic E-state index is 6.98. The van der Waals surface area contributed by atoms with Gasteiger partial charge in [0.05, 0.1) is 0 Å². The molecule has 2 rings (SSSR count). The van der Waals surface area contributed by atoms with Crippen LogP contribution in [0.3, 0.4) is 0 Å². The van der Waals surface area contributed by atoms with Crippen LogP contribution in [0.1, 0.15) is 71.9 Å². The van der Waals surface area contributed by atoms with E-state index >= 15 is 0 Å². The van der Waals surface area contributed by atoms with Gasteiger partial charge in [-0.15, -0.1) is 0 Å². The largest absolute Gasteiger partial charge is 0.321 e. The predicted octanol–water partition coefficient (Wildman–Crippen LogP) is 5.23. The van der Waals surface area contributed by atoms with E-state index in [1.165, 1.54) is 24.0 Å². The fraction of sp³-hybridized carbons (Fsp3) is 0.700. The SMILES string of the molecule is CC1CCC(C(C)C)C(N)(c2ccc(C(C)(C)C)cc2)C1. The third-order valence-corrected chi connectivity index (χ3v) is 5.41. The second kappa shape index (κ2) is 5.76. The lowest BCUT2D eigenvalue weighted by atomic mass is 9.62. The Balaban J connectivity index is 2.36. The average Bonchev–Trinajstić information content (AvgIpc) is 2.37. The maximum absolute atomic E-state index is 6.98. The van der Waals surface area contributed by atoms with Crippen molar-refractivity contribution in [1.29, 1.82) is 0 Å². The lowest BCUT2D eigenvalue weighted by molar-refractivity contribution is 0.108. The molecule has 3 unspecified atom stereocenters. The number of benzene rings is 1. The van der Waals surface area contributed by atoms with Gasteiger partial charge in [0.25, 0.3) is 0 Å². The third-order valence-electron chi connectivity index (χ3n) is 5.41. The molecule has 3 atom stereocenters. The van der Waals surface area contributed by atoms with Gasteiger partial charge in [0.1, 0.15) is 0 Å². The smallest absolute Gasteiger partial charge is 0.0443 e. The van der Waals surface area contributed by atoms with Gasteiger partial charge >= 0.3 is 0 Å². The van der Waals surface area contributed by atoms with Crippen molar-refractivity contribution in [2.75, 3.05) is 0 Å². The Morgan fingerprint density at radius 3 is 2.14 bits per heavy atom. The molecule has 0 spiro atoms. The molecule has 1 fully saturated rings. The Bertz CT molecular complexity index is 466. The fourth-order valence-electron chi connectivity index (χ4n) is 4.09. The van der Waals surface area contributed by atoms with E-state index in [1.807, 2.05) is 0 Å². The zero-order valence-electron chi connectivity index (χ0n) is 14.7. The fourth-order valence-corrected chi connectivity index (χ4v) is 4.09. The van der Waals surface area contributed by atoms with Gasteiger partial charge in [-0.1, -0.05) is 72.2 Å². The summed E-state index contributed by atoms with van der Waals surface area (Å²) in [6, 6.07) is 9.13. The van der Waals surface area contributed by atoms with Crippen molar-refractivity contribution in [3.8, 4) is 0 Å². The minimum Gasteiger partial charge on any atom is -0.321 e. The van der Waals surface area contributed by atoms with Gasteiger partial charge in [0, 0.05) is 5.54 Å². The lowest BCUT2D eigenvalue weighted by Crippen LogP contribution is -2.50. The van der Waals surface area contributed by atoms with Gasteiger partial charge in [-0.3, -0.25) is 0 Å². The molecule has 118 valence electrons. The second-order valence-electron chi connectivity index (χ2n) is 8.60. The predicted molar refractivity (Wildman–Crippen MR) is 92.4 cm³/mol. The van der Waals surface area contributed by atoms with Gasteiger partial charge in [-0.05, 0) is 47.1 Å². The highest BCUT2D eigenvalue weighted by molar-refractivity contribution is 5.33. The van der Waals surface area contributed by atoms with E-state index in [-0.39, 0.29) is 11.0 Å². The lowest BCUT2D eigenvalue weighted by Gasteiger charge is -2.46. The highest BCUT2D eigenvalue weighted by atomic mass is 14.8. The molecule has 1 saturated carbocycles. The minimum absolute atomic E-state index is 0.151. The summed E-state index contributed by atoms with van der Waals surface area (Å²) in [5, 5.41) is 0. The van der Waals surface area contributed by atoms with Crippen molar-refractivity contribution in [2.24, 2.45) is 23.5 Å². The normalized spacial score (nSPS) is 30.7. The molecule has 0 saturated heterocycles. The number of nitrogens with two attached hydrogens (primary N) is 1. The number of hydrogen-bond donors (Lipinski definition) is 1. The van der Waals surface area contributed by atoms with E-state index in [4.69, 9.17) is 5.73 Å². The first-order valence-electron chi connectivity index (χ1n) is 8.54. The summed E-state index contributed by atoms with van der Waals surface area (Å²) in [6.45, 7) is 13.8. The number of hydrogen-bond acceptors (Lipinski definition) is 1. The molecule has 2 N–H and O–H groups in total. The molecule has 1 aromatic rings. The molecular formula is C20H33N. The van der Waals surface area contributed by atoms with E-state index in [0.29, 0.717) is 11.8 Å². The minimum atomic E-state index is -0.151. The van der Waals surface area contributed by atoms with Crippen LogP contribution in [0, 0.1) is 17.8 Å². The molecule has 1 heteroatoms. The quantitative estimate of drug-likeness (QED) is 0.792. The summed E-state index contributed by atoms with van der Waals surface area (Å²) >= 11 is 0. The van der Waals surface area contributed by atoms with Crippen molar-refractivity contribution in [3.05, 3.63) is 35.4 Å². The molecule has 0 aliphatic heterocycles. The molecule has 1 aromatic carbocycles. The average molecular weight is 287 g/mol. The summed E-state index contributed by atoms with van der Waals surface area (Å²) < 4.78 is 0. The summed E-state index contributed by atoms with van der Waals surface area (Å²) in [6.07, 6.45) is 3.70. The van der Waals surface area contributed by atoms with Crippen molar-refractivity contribution >= 4 is 0 Å². The molecule has 0 heterocycles. The Morgan fingerprint density at radius 2 is 1.67 bits per heavy atom. The van der Waals surface area contributed by atoms with E-state index in [2.05, 4.69) is 65.8 Å². The van der Waals surface area contributed by atoms with Gasteiger partial charge in [0.2, 0.25) is 0 Å². The Morgan fingerprint density at radius 1 is 1.10 bits per heavy atom. The van der Waals surface area contributed by atoms with E-state index < -0.39 is 0 Å². The van der Waals surface area contributed by atoms with Crippen LogP contribution in [0.15, 0.2) is 24.3 Å². The number of rotatable bonds is 2. The van der Waals surface area contributed by atoms with Crippen molar-refractivity contribution in [1.82, 2.24) is 0 Å². The first kappa shape index (κ1) is 16.5. The van der Waals surface area contributed by atoms with Crippen LogP contribution in [-0.2, 0) is 11.0 Å². The Hall–Kier alpha value is -0.820. The zero-order chi connectivity index (χ0) is 15.8. The van der Waals surface area contributed by atoms with Crippen LogP contribution < -0.4 is 5.73 Å². The van der Waals surface area contributed by atoms with Gasteiger partial charge < -0.3 is 5.73 Å². The van der Waals surface area contributed by atoms with E-state index in [1.54, 1.807) is 0 Å². The Kier molecular flexibility index (Phi) is 4.54. The van der Waals surface area contributed by atoms with Crippen molar-refractivity contribution < 1.29 is 0 Å². The van der Waals surface area contributed by atoms with Gasteiger partial charge in [-0.25, -0.2) is 0 Å². The maximum Gasteiger partial charge on any atom is 0.0443 e. The molecule has 0 amide bonds. The Labute approximate surface area is 131 Å². The molecule has 1 aliphatic rings. The van der Waals surface area contributed by atoms with Crippen LogP contribution >= 0.6 is 0 Å². The van der Waals surface area contributed by atoms with E-state index in [9.17, 15) is 0 Å². The molecule has 0 aromatic heterocycles. The summed E-state index contributed by atoms with van der Waals surface area (Å²) in [5.74, 6) is 1.96. The third kappa shape index (κ3) is 3.34. The summed E-state index contributed by atoms with van der Waals surface area (Å²) in [7, 11) is 0. The monoisotopic (exact) mass is 287 g/mol. The molecule has 1 aliphatic carbocycles. The topological polar surface area (TPSA) is 26.0 Å². The second-order valence-corrected chi connectivity index (χ2v) is 8.60. The molecule has 0 bridgehead atoms. The molecule has 0 radical (unpaired) electrons. The molecule has 1 nitrogen and oxygen atoms in total. The van der Waals surface area contributed by atoms with E-state index in [0.717, 1.165) is 12.3 Å². The van der Waals surface area contributed by atoms with Crippen LogP contribution in [0.4, 0.5) is 0 Å². The van der Waals surface area contributed by atoms with Crippen LogP contribution in [0.25, 0.3) is 0 Å². The highest BCUT2D eigenvalue weighted by Gasteiger charge is 2.42. The van der Waals surface area contributed by atoms with Crippen LogP contribution in [-0.4, -0.2) is 0 Å². The summed E-state index contributed by atoms with van der Waals surface area (Å²) in [5.41, 5.74) is 9.75. The first-order valence-corrected chi connectivity index (χ1v) is 8.54. The van der Waals surface area contributed by atoms with Gasteiger partial charge in [0.15, 0.2) is 0 Å². The zero-order valence-corrected chi connectivity index (χ0v) is 14.7. The highest BCUT2D eigenvalue weighted by Crippen LogP contribution is 2.45. The van der Waals surface area contributed by atoms with Crippen molar-refractivity contribution in [3.63, 3.8) is 0 Å². The standard InChI is InChI=1S/C20H33N/c1-14(2)18-12-7-15(3)13-20(18,21)17-10-8-16(9-11-17)19(4,5)6/h8-11,14-15,18H,7,12-13,21H2,1-6H3. The molecular weight excluding hydrogens is 254 g/mol. The first-order chi connectivity index (χ1) is 9.64.